The minimum Gasteiger partial charge on any atom is -0.490 e. The number of aromatic amines is 1. The number of thiophene rings is 1. The number of rotatable bonds is 7. The molecule has 2 aromatic heterocycles. The van der Waals surface area contributed by atoms with Crippen LogP contribution in [0.3, 0.4) is 0 Å². The van der Waals surface area contributed by atoms with E-state index in [2.05, 4.69) is 31.0 Å². The Morgan fingerprint density at radius 1 is 1.09 bits per heavy atom. The summed E-state index contributed by atoms with van der Waals surface area (Å²) in [5.41, 5.74) is 4.17. The van der Waals surface area contributed by atoms with Crippen LogP contribution >= 0.6 is 22.9 Å². The van der Waals surface area contributed by atoms with Crippen molar-refractivity contribution in [1.82, 2.24) is 9.97 Å². The second-order valence-corrected chi connectivity index (χ2v) is 10.2. The molecule has 2 heterocycles. The van der Waals surface area contributed by atoms with E-state index in [-0.39, 0.29) is 5.56 Å². The van der Waals surface area contributed by atoms with Crippen LogP contribution in [0.4, 0.5) is 0 Å². The molecule has 0 fully saturated rings. The Labute approximate surface area is 207 Å². The summed E-state index contributed by atoms with van der Waals surface area (Å²) in [5.74, 6) is 1.92. The first-order valence-corrected chi connectivity index (χ1v) is 12.9. The van der Waals surface area contributed by atoms with Gasteiger partial charge >= 0.3 is 0 Å². The van der Waals surface area contributed by atoms with Gasteiger partial charge in [-0.25, -0.2) is 4.98 Å². The van der Waals surface area contributed by atoms with E-state index < -0.39 is 0 Å². The molecule has 7 heteroatoms. The lowest BCUT2D eigenvalue weighted by molar-refractivity contribution is 0.217. The van der Waals surface area contributed by atoms with Gasteiger partial charge in [0.05, 0.1) is 10.9 Å². The molecule has 0 aliphatic heterocycles. The Hall–Kier alpha value is -2.83. The third-order valence-corrected chi connectivity index (χ3v) is 7.57. The summed E-state index contributed by atoms with van der Waals surface area (Å²) in [6.07, 6.45) is 5.23. The van der Waals surface area contributed by atoms with E-state index in [4.69, 9.17) is 26.1 Å². The third kappa shape index (κ3) is 4.70. The molecule has 5 nitrogen and oxygen atoms in total. The van der Waals surface area contributed by atoms with Crippen molar-refractivity contribution in [3.05, 3.63) is 73.3 Å². The van der Waals surface area contributed by atoms with Crippen molar-refractivity contribution in [2.75, 3.05) is 13.2 Å². The zero-order chi connectivity index (χ0) is 23.7. The van der Waals surface area contributed by atoms with Crippen molar-refractivity contribution in [3.8, 4) is 22.9 Å². The Bertz CT molecular complexity index is 1410. The molecule has 0 atom stereocenters. The average molecular weight is 495 g/mol. The number of H-pyrrole nitrogens is 1. The van der Waals surface area contributed by atoms with E-state index in [1.165, 1.54) is 28.0 Å². The third-order valence-electron chi connectivity index (χ3n) is 6.15. The van der Waals surface area contributed by atoms with Gasteiger partial charge in [0, 0.05) is 9.90 Å². The van der Waals surface area contributed by atoms with Crippen molar-refractivity contribution >= 4 is 33.2 Å². The predicted molar refractivity (Wildman–Crippen MR) is 139 cm³/mol. The van der Waals surface area contributed by atoms with Crippen LogP contribution in [-0.4, -0.2) is 23.2 Å². The molecule has 0 unspecified atom stereocenters. The number of ether oxygens (including phenoxy) is 2. The molecule has 176 valence electrons. The van der Waals surface area contributed by atoms with Gasteiger partial charge in [0.25, 0.3) is 5.56 Å². The highest BCUT2D eigenvalue weighted by Gasteiger charge is 2.21. The highest BCUT2D eigenvalue weighted by Crippen LogP contribution is 2.36. The van der Waals surface area contributed by atoms with E-state index in [0.717, 1.165) is 41.6 Å². The fraction of sp³-hybridized carbons (Fsp3) is 0.333. The van der Waals surface area contributed by atoms with E-state index >= 15 is 0 Å². The standard InChI is InChI=1S/C27H27ClN2O3S/c1-3-17-12-16(2)13-19(14-17)32-10-11-33-22-9-8-18(28)15-21(22)25-29-26(31)24-20-6-4-5-7-23(20)34-27(24)30-25/h8-9,12-15H,3-7,10-11H2,1-2H3,(H,29,30,31). The van der Waals surface area contributed by atoms with Crippen LogP contribution in [-0.2, 0) is 19.3 Å². The fourth-order valence-corrected chi connectivity index (χ4v) is 5.96. The minimum absolute atomic E-state index is 0.0974. The summed E-state index contributed by atoms with van der Waals surface area (Å²) in [7, 11) is 0. The second-order valence-electron chi connectivity index (χ2n) is 8.65. The number of nitrogens with zero attached hydrogens (tertiary/aromatic N) is 1. The van der Waals surface area contributed by atoms with Gasteiger partial charge in [-0.05, 0) is 86.1 Å². The second kappa shape index (κ2) is 9.80. The van der Waals surface area contributed by atoms with Gasteiger partial charge in [0.15, 0.2) is 0 Å². The quantitative estimate of drug-likeness (QED) is 0.297. The smallest absolute Gasteiger partial charge is 0.260 e. The van der Waals surface area contributed by atoms with Crippen LogP contribution in [0.5, 0.6) is 11.5 Å². The first kappa shape index (κ1) is 22.9. The first-order valence-electron chi connectivity index (χ1n) is 11.7. The molecule has 0 saturated carbocycles. The SMILES string of the molecule is CCc1cc(C)cc(OCCOc2ccc(Cl)cc2-c2nc3sc4c(c3c(=O)[nH]2)CCCC4)c1. The monoisotopic (exact) mass is 494 g/mol. The van der Waals surface area contributed by atoms with Gasteiger partial charge in [-0.15, -0.1) is 11.3 Å². The zero-order valence-corrected chi connectivity index (χ0v) is 20.9. The van der Waals surface area contributed by atoms with Gasteiger partial charge in [0.2, 0.25) is 0 Å². The summed E-state index contributed by atoms with van der Waals surface area (Å²) >= 11 is 7.93. The number of nitrogens with one attached hydrogen (secondary N) is 1. The van der Waals surface area contributed by atoms with E-state index in [1.54, 1.807) is 23.5 Å². The summed E-state index contributed by atoms with van der Waals surface area (Å²) in [5, 5.41) is 1.30. The molecule has 0 spiro atoms. The molecule has 2 aromatic carbocycles. The van der Waals surface area contributed by atoms with Crippen molar-refractivity contribution in [3.63, 3.8) is 0 Å². The highest BCUT2D eigenvalue weighted by molar-refractivity contribution is 7.18. The molecular weight excluding hydrogens is 468 g/mol. The molecule has 0 radical (unpaired) electrons. The predicted octanol–water partition coefficient (Wildman–Crippen LogP) is 6.51. The number of hydrogen-bond donors (Lipinski definition) is 1. The van der Waals surface area contributed by atoms with Crippen LogP contribution < -0.4 is 15.0 Å². The van der Waals surface area contributed by atoms with Crippen LogP contribution in [0.1, 0.15) is 41.3 Å². The number of hydrogen-bond acceptors (Lipinski definition) is 5. The molecule has 1 N–H and O–H groups in total. The molecular formula is C27H27ClN2O3S. The molecule has 1 aliphatic carbocycles. The summed E-state index contributed by atoms with van der Waals surface area (Å²) in [6, 6.07) is 11.6. The number of aromatic nitrogens is 2. The molecule has 0 saturated heterocycles. The fourth-order valence-electron chi connectivity index (χ4n) is 4.53. The van der Waals surface area contributed by atoms with Gasteiger partial charge < -0.3 is 14.5 Å². The summed E-state index contributed by atoms with van der Waals surface area (Å²) in [4.78, 5) is 22.9. The topological polar surface area (TPSA) is 64.2 Å². The maximum absolute atomic E-state index is 13.0. The van der Waals surface area contributed by atoms with Gasteiger partial charge in [0.1, 0.15) is 35.4 Å². The molecule has 5 rings (SSSR count). The largest absolute Gasteiger partial charge is 0.490 e. The lowest BCUT2D eigenvalue weighted by Crippen LogP contribution is -2.12. The number of halogens is 1. The summed E-state index contributed by atoms with van der Waals surface area (Å²) in [6.45, 7) is 4.95. The molecule has 4 aromatic rings. The molecule has 0 bridgehead atoms. The van der Waals surface area contributed by atoms with E-state index in [0.29, 0.717) is 35.4 Å². The van der Waals surface area contributed by atoms with Gasteiger partial charge in [-0.2, -0.15) is 0 Å². The Kier molecular flexibility index (Phi) is 6.61. The number of benzene rings is 2. The summed E-state index contributed by atoms with van der Waals surface area (Å²) < 4.78 is 12.0. The van der Waals surface area contributed by atoms with Crippen molar-refractivity contribution in [2.45, 2.75) is 46.0 Å². The lowest BCUT2D eigenvalue weighted by Gasteiger charge is -2.13. The van der Waals surface area contributed by atoms with Crippen LogP contribution in [0.25, 0.3) is 21.6 Å². The molecule has 0 amide bonds. The van der Waals surface area contributed by atoms with E-state index in [1.807, 2.05) is 12.1 Å². The van der Waals surface area contributed by atoms with Crippen molar-refractivity contribution < 1.29 is 9.47 Å². The highest BCUT2D eigenvalue weighted by atomic mass is 35.5. The molecule has 34 heavy (non-hydrogen) atoms. The Morgan fingerprint density at radius 3 is 2.76 bits per heavy atom. The van der Waals surface area contributed by atoms with Gasteiger partial charge in [-0.1, -0.05) is 24.6 Å². The van der Waals surface area contributed by atoms with Gasteiger partial charge in [-0.3, -0.25) is 4.79 Å². The zero-order valence-electron chi connectivity index (χ0n) is 19.4. The first-order chi connectivity index (χ1) is 16.5. The van der Waals surface area contributed by atoms with Crippen LogP contribution in [0.15, 0.2) is 41.2 Å². The Balaban J connectivity index is 1.37. The Morgan fingerprint density at radius 2 is 1.91 bits per heavy atom. The van der Waals surface area contributed by atoms with Crippen molar-refractivity contribution in [1.29, 1.82) is 0 Å². The van der Waals surface area contributed by atoms with Crippen LogP contribution in [0, 0.1) is 6.92 Å². The average Bonchev–Trinajstić information content (AvgIpc) is 3.21. The maximum atomic E-state index is 13.0. The number of aryl methyl sites for hydroxylation is 4. The minimum atomic E-state index is -0.0974. The maximum Gasteiger partial charge on any atom is 0.260 e. The normalized spacial score (nSPS) is 13.1. The van der Waals surface area contributed by atoms with Crippen LogP contribution in [0.2, 0.25) is 5.02 Å². The lowest BCUT2D eigenvalue weighted by atomic mass is 9.97. The molecule has 1 aliphatic rings. The van der Waals surface area contributed by atoms with E-state index in [9.17, 15) is 4.79 Å². The van der Waals surface area contributed by atoms with Crippen molar-refractivity contribution in [2.24, 2.45) is 0 Å². The number of fused-ring (bicyclic) bond motifs is 3.